The van der Waals surface area contributed by atoms with Gasteiger partial charge in [0.25, 0.3) is 0 Å². The van der Waals surface area contributed by atoms with Crippen molar-refractivity contribution in [2.75, 3.05) is 0 Å². The summed E-state index contributed by atoms with van der Waals surface area (Å²) in [6, 6.07) is 63.5. The van der Waals surface area contributed by atoms with Gasteiger partial charge in [0.1, 0.15) is 11.7 Å². The summed E-state index contributed by atoms with van der Waals surface area (Å²) in [5.41, 5.74) is 15.8. The third-order valence-electron chi connectivity index (χ3n) is 11.9. The Morgan fingerprint density at radius 2 is 1.26 bits per heavy atom. The van der Waals surface area contributed by atoms with Gasteiger partial charge in [-0.3, -0.25) is 4.98 Å². The number of imidazole rings is 1. The molecule has 0 saturated heterocycles. The van der Waals surface area contributed by atoms with Crippen LogP contribution in [0.15, 0.2) is 168 Å². The molecule has 3 aromatic heterocycles. The average Bonchev–Trinajstić information content (AvgIpc) is 3.90. The molecule has 10 rings (SSSR count). The molecule has 0 unspecified atom stereocenters. The molecule has 0 aliphatic heterocycles. The average molecular weight is 1020 g/mol. The van der Waals surface area contributed by atoms with E-state index in [9.17, 15) is 5.26 Å². The van der Waals surface area contributed by atoms with E-state index in [-0.39, 0.29) is 37.4 Å². The van der Waals surface area contributed by atoms with E-state index >= 15 is 0 Å². The molecule has 0 amide bonds. The maximum atomic E-state index is 10.4. The van der Waals surface area contributed by atoms with Crippen molar-refractivity contribution in [3.8, 4) is 56.7 Å². The molecule has 0 spiro atoms. The van der Waals surface area contributed by atoms with Crippen LogP contribution in [0.2, 0.25) is 0 Å². The molecule has 1 radical (unpaired) electrons. The number of pyridine rings is 1. The first kappa shape index (κ1) is 44.7. The van der Waals surface area contributed by atoms with Gasteiger partial charge in [-0.2, -0.15) is 5.26 Å². The van der Waals surface area contributed by atoms with E-state index in [1.807, 2.05) is 60.7 Å². The number of nitrogens with zero attached hydrogens (tertiary/aromatic N) is 4. The Hall–Kier alpha value is -6.90. The summed E-state index contributed by atoms with van der Waals surface area (Å²) in [6.45, 7) is 15.5. The number of hydrogen-bond donors (Lipinski definition) is 0. The number of furan rings is 1. The van der Waals surface area contributed by atoms with Crippen LogP contribution in [0.3, 0.4) is 0 Å². The second-order valence-electron chi connectivity index (χ2n) is 17.9. The second-order valence-corrected chi connectivity index (χ2v) is 17.9. The molecule has 323 valence electrons. The van der Waals surface area contributed by atoms with Gasteiger partial charge in [-0.25, -0.2) is 0 Å². The molecule has 3 heterocycles. The molecule has 10 aromatic rings. The summed E-state index contributed by atoms with van der Waals surface area (Å²) in [7, 11) is 0. The van der Waals surface area contributed by atoms with Crippen molar-refractivity contribution in [3.05, 3.63) is 198 Å². The first-order valence-corrected chi connectivity index (χ1v) is 22.0. The van der Waals surface area contributed by atoms with E-state index in [4.69, 9.17) is 9.40 Å². The van der Waals surface area contributed by atoms with E-state index < -0.39 is 0 Å². The van der Waals surface area contributed by atoms with Crippen LogP contribution < -0.4 is 0 Å². The summed E-state index contributed by atoms with van der Waals surface area (Å²) in [5, 5.41) is 12.2. The van der Waals surface area contributed by atoms with E-state index in [1.165, 1.54) is 33.4 Å². The topological polar surface area (TPSA) is 67.6 Å². The minimum Gasteiger partial charge on any atom is -0.499 e. The van der Waals surface area contributed by atoms with Gasteiger partial charge in [0.05, 0.1) is 28.0 Å². The van der Waals surface area contributed by atoms with Crippen LogP contribution in [0.1, 0.15) is 82.6 Å². The Labute approximate surface area is 395 Å². The van der Waals surface area contributed by atoms with Gasteiger partial charge < -0.3 is 14.0 Å². The molecular formula is C59H50IrN4O-2. The number of benzene rings is 7. The third-order valence-corrected chi connectivity index (χ3v) is 11.9. The van der Waals surface area contributed by atoms with Crippen LogP contribution in [0.5, 0.6) is 0 Å². The molecular weight excluding hydrogens is 973 g/mol. The molecule has 0 N–H and O–H groups in total. The quantitative estimate of drug-likeness (QED) is 0.149. The SMILES string of the molecule is CC(C)c1cc(-c2ccc(-c3ccccc3)cc2)cc(C(C)C)c1-n1c(-c2[c-]ccc3c2oc2c(C#N)c(C(C)(C)C)ccc23)nc2ccccc21.[Ir].[c-]1ccccc1-c1ccccn1. The molecule has 0 fully saturated rings. The van der Waals surface area contributed by atoms with Crippen molar-refractivity contribution in [3.63, 3.8) is 0 Å². The zero-order valence-electron chi connectivity index (χ0n) is 37.8. The van der Waals surface area contributed by atoms with Gasteiger partial charge in [-0.1, -0.05) is 150 Å². The van der Waals surface area contributed by atoms with Crippen LogP contribution in [0.25, 0.3) is 83.6 Å². The van der Waals surface area contributed by atoms with E-state index in [0.29, 0.717) is 16.7 Å². The predicted molar refractivity (Wildman–Crippen MR) is 264 cm³/mol. The number of rotatable bonds is 7. The number of hydrogen-bond acceptors (Lipinski definition) is 4. The fraction of sp³-hybridized carbons (Fsp3) is 0.169. The number of fused-ring (bicyclic) bond motifs is 4. The molecule has 0 bridgehead atoms. The largest absolute Gasteiger partial charge is 0.499 e. The second kappa shape index (κ2) is 18.7. The van der Waals surface area contributed by atoms with Gasteiger partial charge in [-0.15, -0.1) is 54.1 Å². The van der Waals surface area contributed by atoms with Crippen molar-refractivity contribution in [1.29, 1.82) is 5.26 Å². The summed E-state index contributed by atoms with van der Waals surface area (Å²) in [4.78, 5) is 9.52. The van der Waals surface area contributed by atoms with Crippen molar-refractivity contribution >= 4 is 33.0 Å². The van der Waals surface area contributed by atoms with Crippen LogP contribution in [-0.2, 0) is 25.5 Å². The molecule has 5 nitrogen and oxygen atoms in total. The first-order valence-electron chi connectivity index (χ1n) is 22.0. The van der Waals surface area contributed by atoms with Gasteiger partial charge in [0.2, 0.25) is 0 Å². The third kappa shape index (κ3) is 8.71. The molecule has 7 aromatic carbocycles. The Morgan fingerprint density at radius 3 is 1.89 bits per heavy atom. The van der Waals surface area contributed by atoms with E-state index in [1.54, 1.807) is 6.20 Å². The zero-order chi connectivity index (χ0) is 44.5. The predicted octanol–water partition coefficient (Wildman–Crippen LogP) is 15.7. The zero-order valence-corrected chi connectivity index (χ0v) is 40.2. The normalized spacial score (nSPS) is 11.4. The smallest absolute Gasteiger partial charge is 0.139 e. The number of aromatic nitrogens is 3. The summed E-state index contributed by atoms with van der Waals surface area (Å²) in [6.07, 6.45) is 1.79. The van der Waals surface area contributed by atoms with Gasteiger partial charge in [0.15, 0.2) is 0 Å². The molecule has 0 aliphatic rings. The Balaban J connectivity index is 0.000000383. The minimum absolute atomic E-state index is 0. The molecule has 0 saturated carbocycles. The van der Waals surface area contributed by atoms with Crippen LogP contribution in [-0.4, -0.2) is 14.5 Å². The summed E-state index contributed by atoms with van der Waals surface area (Å²) < 4.78 is 9.08. The monoisotopic (exact) mass is 1020 g/mol. The van der Waals surface area contributed by atoms with E-state index in [0.717, 1.165) is 55.7 Å². The first-order chi connectivity index (χ1) is 31.0. The van der Waals surface area contributed by atoms with Crippen molar-refractivity contribution in [1.82, 2.24) is 14.5 Å². The molecule has 6 heteroatoms. The summed E-state index contributed by atoms with van der Waals surface area (Å²) >= 11 is 0. The molecule has 65 heavy (non-hydrogen) atoms. The van der Waals surface area contributed by atoms with Crippen molar-refractivity contribution in [2.24, 2.45) is 0 Å². The fourth-order valence-corrected chi connectivity index (χ4v) is 8.67. The fourth-order valence-electron chi connectivity index (χ4n) is 8.67. The van der Waals surface area contributed by atoms with Crippen LogP contribution >= 0.6 is 0 Å². The Morgan fingerprint density at radius 1 is 0.631 bits per heavy atom. The maximum absolute atomic E-state index is 10.4. The van der Waals surface area contributed by atoms with Gasteiger partial charge >= 0.3 is 0 Å². The van der Waals surface area contributed by atoms with Crippen LogP contribution in [0.4, 0.5) is 0 Å². The van der Waals surface area contributed by atoms with Gasteiger partial charge in [0, 0.05) is 37.4 Å². The Bertz CT molecular complexity index is 3230. The molecule has 0 aliphatic carbocycles. The standard InChI is InChI=1S/C48H42N3O.C11H8N.Ir/c1-29(2)38-26-34(33-22-20-32(21-23-33)31-14-9-8-10-15-31)27-39(30(3)4)44(38)51-43-19-12-11-18-42(43)50-47(51)37-17-13-16-35-36-24-25-41(48(5,6)7)40(28-49)46(36)52-45(35)37;1-2-6-10(7-3-1)11-8-4-5-9-12-11;/h8-16,18-27,29-30H,1-7H3;1-6,8-9H;/q2*-1;. The number of nitriles is 1. The van der Waals surface area contributed by atoms with Gasteiger partial charge in [-0.05, 0) is 92.2 Å². The van der Waals surface area contributed by atoms with Crippen molar-refractivity contribution in [2.45, 2.75) is 65.7 Å². The van der Waals surface area contributed by atoms with Crippen LogP contribution in [0, 0.1) is 23.5 Å². The number of para-hydroxylation sites is 2. The van der Waals surface area contributed by atoms with Crippen molar-refractivity contribution < 1.29 is 24.5 Å². The summed E-state index contributed by atoms with van der Waals surface area (Å²) in [5.74, 6) is 1.22. The molecule has 0 atom stereocenters. The van der Waals surface area contributed by atoms with E-state index in [2.05, 4.69) is 173 Å². The minimum atomic E-state index is -0.211. The maximum Gasteiger partial charge on any atom is 0.139 e. The Kier molecular flexibility index (Phi) is 12.8.